The molecule has 0 saturated heterocycles. The Bertz CT molecular complexity index is 1200. The number of aryl methyl sites for hydroxylation is 1. The van der Waals surface area contributed by atoms with Gasteiger partial charge in [-0.15, -0.1) is 12.4 Å². The van der Waals surface area contributed by atoms with Crippen molar-refractivity contribution in [1.82, 2.24) is 10.6 Å². The van der Waals surface area contributed by atoms with Crippen molar-refractivity contribution in [3.63, 3.8) is 0 Å². The number of anilines is 1. The van der Waals surface area contributed by atoms with E-state index in [2.05, 4.69) is 53.1 Å². The van der Waals surface area contributed by atoms with Crippen molar-refractivity contribution in [2.45, 2.75) is 57.2 Å². The zero-order valence-electron chi connectivity index (χ0n) is 19.7. The lowest BCUT2D eigenvalue weighted by molar-refractivity contribution is -0.128. The minimum absolute atomic E-state index is 0. The van der Waals surface area contributed by atoms with Crippen LogP contribution in [0.4, 0.5) is 5.69 Å². The number of carbonyl (C=O) groups excluding carboxylic acids is 2. The summed E-state index contributed by atoms with van der Waals surface area (Å²) >= 11 is 0. The maximum atomic E-state index is 13.8. The predicted octanol–water partition coefficient (Wildman–Crippen LogP) is 4.71. The van der Waals surface area contributed by atoms with Crippen molar-refractivity contribution >= 4 is 40.7 Å². The Hall–Kier alpha value is -2.89. The van der Waals surface area contributed by atoms with Gasteiger partial charge >= 0.3 is 0 Å². The zero-order chi connectivity index (χ0) is 22.9. The molecule has 1 aliphatic heterocycles. The van der Waals surface area contributed by atoms with E-state index in [4.69, 9.17) is 0 Å². The van der Waals surface area contributed by atoms with Crippen LogP contribution in [-0.4, -0.2) is 30.9 Å². The number of nitrogens with one attached hydrogen (secondary N) is 2. The summed E-state index contributed by atoms with van der Waals surface area (Å²) in [5.74, 6) is 0.428. The van der Waals surface area contributed by atoms with E-state index in [9.17, 15) is 9.59 Å². The minimum atomic E-state index is -0.543. The summed E-state index contributed by atoms with van der Waals surface area (Å²) in [5, 5.41) is 8.45. The SMILES string of the molecule is CNC(C)C(=O)NC1CCc2ccccc2N(Cc2cccc3cccc(C4CC4)c23)C1=O.Cl. The third-order valence-corrected chi connectivity index (χ3v) is 7.06. The normalized spacial score (nSPS) is 18.6. The Labute approximate surface area is 207 Å². The Morgan fingerprint density at radius 1 is 1.03 bits per heavy atom. The highest BCUT2D eigenvalue weighted by molar-refractivity contribution is 6.01. The number of hydrogen-bond donors (Lipinski definition) is 2. The summed E-state index contributed by atoms with van der Waals surface area (Å²) in [6, 6.07) is 20.2. The summed E-state index contributed by atoms with van der Waals surface area (Å²) in [6.07, 6.45) is 3.81. The van der Waals surface area contributed by atoms with Gasteiger partial charge in [0.05, 0.1) is 12.6 Å². The van der Waals surface area contributed by atoms with Gasteiger partial charge in [0.25, 0.3) is 0 Å². The van der Waals surface area contributed by atoms with Crippen molar-refractivity contribution in [1.29, 1.82) is 0 Å². The largest absolute Gasteiger partial charge is 0.343 e. The molecule has 6 heteroatoms. The molecule has 2 aliphatic rings. The summed E-state index contributed by atoms with van der Waals surface area (Å²) in [5.41, 5.74) is 4.65. The van der Waals surface area contributed by atoms with Crippen LogP contribution in [0, 0.1) is 0 Å². The first-order chi connectivity index (χ1) is 16.1. The molecule has 1 saturated carbocycles. The van der Waals surface area contributed by atoms with E-state index in [-0.39, 0.29) is 30.3 Å². The molecule has 1 aliphatic carbocycles. The number of nitrogens with zero attached hydrogens (tertiary/aromatic N) is 1. The second-order valence-corrected chi connectivity index (χ2v) is 9.30. The van der Waals surface area contributed by atoms with Crippen LogP contribution in [-0.2, 0) is 22.6 Å². The van der Waals surface area contributed by atoms with Crippen LogP contribution in [0.5, 0.6) is 0 Å². The molecule has 34 heavy (non-hydrogen) atoms. The molecule has 1 heterocycles. The van der Waals surface area contributed by atoms with E-state index >= 15 is 0 Å². The van der Waals surface area contributed by atoms with Gasteiger partial charge in [0.2, 0.25) is 11.8 Å². The molecule has 5 nitrogen and oxygen atoms in total. The number of para-hydroxylation sites is 1. The van der Waals surface area contributed by atoms with Crippen LogP contribution in [0.25, 0.3) is 10.8 Å². The van der Waals surface area contributed by atoms with Gasteiger partial charge < -0.3 is 15.5 Å². The van der Waals surface area contributed by atoms with Gasteiger partial charge in [0, 0.05) is 5.69 Å². The highest BCUT2D eigenvalue weighted by atomic mass is 35.5. The van der Waals surface area contributed by atoms with E-state index in [0.717, 1.165) is 23.2 Å². The number of amides is 2. The fourth-order valence-corrected chi connectivity index (χ4v) is 4.93. The molecular weight excluding hydrogens is 446 g/mol. The molecule has 0 radical (unpaired) electrons. The van der Waals surface area contributed by atoms with Crippen molar-refractivity contribution in [3.8, 4) is 0 Å². The first kappa shape index (κ1) is 24.2. The zero-order valence-corrected chi connectivity index (χ0v) is 20.5. The quantitative estimate of drug-likeness (QED) is 0.540. The highest BCUT2D eigenvalue weighted by Gasteiger charge is 2.33. The van der Waals surface area contributed by atoms with Crippen molar-refractivity contribution < 1.29 is 9.59 Å². The monoisotopic (exact) mass is 477 g/mol. The smallest absolute Gasteiger partial charge is 0.249 e. The standard InChI is InChI=1S/C28H31N3O2.ClH/c1-18(29-2)27(32)30-24-16-15-20-7-3-4-12-25(20)31(28(24)33)17-22-10-5-8-21-9-6-11-23(26(21)22)19-13-14-19;/h3-12,18-19,24,29H,13-17H2,1-2H3,(H,30,32);1H. The number of rotatable bonds is 6. The van der Waals surface area contributed by atoms with Gasteiger partial charge in [-0.3, -0.25) is 9.59 Å². The third-order valence-electron chi connectivity index (χ3n) is 7.06. The lowest BCUT2D eigenvalue weighted by Gasteiger charge is -2.28. The molecule has 0 bridgehead atoms. The molecule has 2 unspecified atom stereocenters. The van der Waals surface area contributed by atoms with Gasteiger partial charge in [-0.25, -0.2) is 0 Å². The minimum Gasteiger partial charge on any atom is -0.343 e. The van der Waals surface area contributed by atoms with Gasteiger partial charge in [-0.2, -0.15) is 0 Å². The topological polar surface area (TPSA) is 61.4 Å². The molecule has 2 atom stereocenters. The Morgan fingerprint density at radius 3 is 2.50 bits per heavy atom. The molecule has 2 amide bonds. The molecule has 0 spiro atoms. The summed E-state index contributed by atoms with van der Waals surface area (Å²) < 4.78 is 0. The second kappa shape index (κ2) is 10.2. The van der Waals surface area contributed by atoms with Crippen LogP contribution in [0.15, 0.2) is 60.7 Å². The maximum absolute atomic E-state index is 13.8. The van der Waals surface area contributed by atoms with Gasteiger partial charge in [-0.1, -0.05) is 54.6 Å². The number of likely N-dealkylation sites (N-methyl/N-ethyl adjacent to an activating group) is 1. The Morgan fingerprint density at radius 2 is 1.76 bits per heavy atom. The summed E-state index contributed by atoms with van der Waals surface area (Å²) in [7, 11) is 1.75. The Balaban J connectivity index is 0.00000274. The number of benzene rings is 3. The maximum Gasteiger partial charge on any atom is 0.249 e. The molecule has 0 aromatic heterocycles. The lowest BCUT2D eigenvalue weighted by atomic mass is 9.96. The number of carbonyl (C=O) groups is 2. The first-order valence-electron chi connectivity index (χ1n) is 11.9. The fraction of sp³-hybridized carbons (Fsp3) is 0.357. The summed E-state index contributed by atoms with van der Waals surface area (Å²) in [6.45, 7) is 2.30. The van der Waals surface area contributed by atoms with E-state index in [0.29, 0.717) is 18.9 Å². The first-order valence-corrected chi connectivity index (χ1v) is 11.9. The van der Waals surface area contributed by atoms with Crippen LogP contribution >= 0.6 is 12.4 Å². The number of hydrogen-bond acceptors (Lipinski definition) is 3. The van der Waals surface area contributed by atoms with E-state index in [1.807, 2.05) is 23.1 Å². The van der Waals surface area contributed by atoms with Gasteiger partial charge in [-0.05, 0) is 79.1 Å². The molecule has 1 fully saturated rings. The van der Waals surface area contributed by atoms with Crippen LogP contribution in [0.2, 0.25) is 0 Å². The van der Waals surface area contributed by atoms with E-state index in [1.54, 1.807) is 14.0 Å². The van der Waals surface area contributed by atoms with Crippen molar-refractivity contribution in [2.24, 2.45) is 0 Å². The van der Waals surface area contributed by atoms with Crippen molar-refractivity contribution in [2.75, 3.05) is 11.9 Å². The van der Waals surface area contributed by atoms with Crippen molar-refractivity contribution in [3.05, 3.63) is 77.4 Å². The fourth-order valence-electron chi connectivity index (χ4n) is 4.93. The molecule has 3 aromatic carbocycles. The molecule has 5 rings (SSSR count). The highest BCUT2D eigenvalue weighted by Crippen LogP contribution is 2.44. The third kappa shape index (κ3) is 4.68. The Kier molecular flexibility index (Phi) is 7.24. The predicted molar refractivity (Wildman–Crippen MR) is 140 cm³/mol. The second-order valence-electron chi connectivity index (χ2n) is 9.30. The van der Waals surface area contributed by atoms with Gasteiger partial charge in [0.1, 0.15) is 6.04 Å². The van der Waals surface area contributed by atoms with E-state index < -0.39 is 6.04 Å². The summed E-state index contributed by atoms with van der Waals surface area (Å²) in [4.78, 5) is 28.3. The number of fused-ring (bicyclic) bond motifs is 2. The van der Waals surface area contributed by atoms with Crippen LogP contribution in [0.3, 0.4) is 0 Å². The molecule has 3 aromatic rings. The molecule has 178 valence electrons. The van der Waals surface area contributed by atoms with Crippen LogP contribution in [0.1, 0.15) is 48.8 Å². The lowest BCUT2D eigenvalue weighted by Crippen LogP contribution is -2.52. The average Bonchev–Trinajstić information content (AvgIpc) is 3.69. The average molecular weight is 478 g/mol. The van der Waals surface area contributed by atoms with Gasteiger partial charge in [0.15, 0.2) is 0 Å². The number of halogens is 1. The van der Waals surface area contributed by atoms with E-state index in [1.165, 1.54) is 29.2 Å². The molecule has 2 N–H and O–H groups in total. The molecular formula is C28H32ClN3O2. The van der Waals surface area contributed by atoms with Crippen LogP contribution < -0.4 is 15.5 Å².